The van der Waals surface area contributed by atoms with Gasteiger partial charge < -0.3 is 9.32 Å². The molecule has 1 aromatic carbocycles. The van der Waals surface area contributed by atoms with Crippen LogP contribution in [-0.4, -0.2) is 17.9 Å². The number of hydrogen-bond donors (Lipinski definition) is 0. The van der Waals surface area contributed by atoms with Crippen molar-refractivity contribution in [2.75, 3.05) is 7.05 Å². The number of furan rings is 1. The first kappa shape index (κ1) is 12.4. The fraction of sp³-hybridized carbons (Fsp3) is 0.214. The SMILES string of the molecule is Cc1ccc(F)c(C(=O)N(C)Cc2ccco2)c1. The highest BCUT2D eigenvalue weighted by Gasteiger charge is 2.17. The maximum Gasteiger partial charge on any atom is 0.256 e. The predicted octanol–water partition coefficient (Wildman–Crippen LogP) is 3.00. The second-order valence-electron chi connectivity index (χ2n) is 4.22. The number of amides is 1. The standard InChI is InChI=1S/C14H14FNO2/c1-10-5-6-13(15)12(8-10)14(17)16(2)9-11-4-3-7-18-11/h3-8H,9H2,1-2H3. The molecule has 0 aliphatic carbocycles. The van der Waals surface area contributed by atoms with Gasteiger partial charge in [-0.25, -0.2) is 4.39 Å². The molecule has 18 heavy (non-hydrogen) atoms. The summed E-state index contributed by atoms with van der Waals surface area (Å²) in [4.78, 5) is 13.5. The Labute approximate surface area is 105 Å². The Morgan fingerprint density at radius 3 is 2.83 bits per heavy atom. The van der Waals surface area contributed by atoms with Crippen LogP contribution in [0.3, 0.4) is 0 Å². The predicted molar refractivity (Wildman–Crippen MR) is 65.6 cm³/mol. The summed E-state index contributed by atoms with van der Waals surface area (Å²) in [7, 11) is 1.62. The minimum Gasteiger partial charge on any atom is -0.467 e. The van der Waals surface area contributed by atoms with Gasteiger partial charge in [-0.15, -0.1) is 0 Å². The van der Waals surface area contributed by atoms with Crippen molar-refractivity contribution >= 4 is 5.91 Å². The third-order valence-electron chi connectivity index (χ3n) is 2.67. The summed E-state index contributed by atoms with van der Waals surface area (Å²) < 4.78 is 18.7. The molecule has 0 N–H and O–H groups in total. The van der Waals surface area contributed by atoms with Gasteiger partial charge in [-0.1, -0.05) is 11.6 Å². The lowest BCUT2D eigenvalue weighted by Crippen LogP contribution is -2.26. The average molecular weight is 247 g/mol. The van der Waals surface area contributed by atoms with Gasteiger partial charge >= 0.3 is 0 Å². The maximum atomic E-state index is 13.6. The van der Waals surface area contributed by atoms with Crippen LogP contribution in [0, 0.1) is 12.7 Å². The average Bonchev–Trinajstić information content (AvgIpc) is 2.84. The van der Waals surface area contributed by atoms with Crippen molar-refractivity contribution in [3.8, 4) is 0 Å². The fourth-order valence-electron chi connectivity index (χ4n) is 1.72. The van der Waals surface area contributed by atoms with Gasteiger partial charge in [0, 0.05) is 7.05 Å². The molecular formula is C14H14FNO2. The van der Waals surface area contributed by atoms with Crippen molar-refractivity contribution in [2.45, 2.75) is 13.5 Å². The van der Waals surface area contributed by atoms with Gasteiger partial charge in [-0.3, -0.25) is 4.79 Å². The third kappa shape index (κ3) is 2.59. The van der Waals surface area contributed by atoms with Crippen molar-refractivity contribution in [3.63, 3.8) is 0 Å². The lowest BCUT2D eigenvalue weighted by molar-refractivity contribution is 0.0770. The largest absolute Gasteiger partial charge is 0.467 e. The highest BCUT2D eigenvalue weighted by Crippen LogP contribution is 2.14. The van der Waals surface area contributed by atoms with E-state index in [-0.39, 0.29) is 11.5 Å². The van der Waals surface area contributed by atoms with Crippen molar-refractivity contribution in [3.05, 3.63) is 59.3 Å². The monoisotopic (exact) mass is 247 g/mol. The molecule has 0 unspecified atom stereocenters. The van der Waals surface area contributed by atoms with Crippen LogP contribution < -0.4 is 0 Å². The highest BCUT2D eigenvalue weighted by atomic mass is 19.1. The van der Waals surface area contributed by atoms with E-state index in [1.807, 2.05) is 6.92 Å². The Kier molecular flexibility index (Phi) is 3.46. The van der Waals surface area contributed by atoms with E-state index in [0.717, 1.165) is 5.56 Å². The number of rotatable bonds is 3. The van der Waals surface area contributed by atoms with Crippen LogP contribution in [0.2, 0.25) is 0 Å². The number of benzene rings is 1. The molecule has 0 saturated heterocycles. The van der Waals surface area contributed by atoms with Crippen LogP contribution in [-0.2, 0) is 6.54 Å². The molecule has 1 amide bonds. The van der Waals surface area contributed by atoms with E-state index in [0.29, 0.717) is 12.3 Å². The molecule has 4 heteroatoms. The minimum absolute atomic E-state index is 0.0871. The van der Waals surface area contributed by atoms with Crippen LogP contribution in [0.5, 0.6) is 0 Å². The van der Waals surface area contributed by atoms with Crippen molar-refractivity contribution in [1.29, 1.82) is 0 Å². The molecule has 1 aromatic heterocycles. The van der Waals surface area contributed by atoms with Gasteiger partial charge in [0.15, 0.2) is 0 Å². The summed E-state index contributed by atoms with van der Waals surface area (Å²) in [6, 6.07) is 8.02. The van der Waals surface area contributed by atoms with E-state index in [2.05, 4.69) is 0 Å². The van der Waals surface area contributed by atoms with Crippen LogP contribution >= 0.6 is 0 Å². The summed E-state index contributed by atoms with van der Waals surface area (Å²) in [6.07, 6.45) is 1.54. The lowest BCUT2D eigenvalue weighted by Gasteiger charge is -2.16. The lowest BCUT2D eigenvalue weighted by atomic mass is 10.1. The van der Waals surface area contributed by atoms with Crippen molar-refractivity contribution < 1.29 is 13.6 Å². The maximum absolute atomic E-state index is 13.6. The molecule has 0 radical (unpaired) electrons. The van der Waals surface area contributed by atoms with Gasteiger partial charge in [0.2, 0.25) is 0 Å². The molecule has 0 atom stereocenters. The van der Waals surface area contributed by atoms with E-state index in [9.17, 15) is 9.18 Å². The molecular weight excluding hydrogens is 233 g/mol. The Balaban J connectivity index is 2.17. The number of nitrogens with zero attached hydrogens (tertiary/aromatic N) is 1. The van der Waals surface area contributed by atoms with Gasteiger partial charge in [0.25, 0.3) is 5.91 Å². The van der Waals surface area contributed by atoms with E-state index >= 15 is 0 Å². The zero-order valence-electron chi connectivity index (χ0n) is 10.3. The highest BCUT2D eigenvalue weighted by molar-refractivity contribution is 5.94. The number of hydrogen-bond acceptors (Lipinski definition) is 2. The van der Waals surface area contributed by atoms with Gasteiger partial charge in [0.05, 0.1) is 18.4 Å². The molecule has 3 nitrogen and oxygen atoms in total. The molecule has 1 heterocycles. The zero-order valence-corrected chi connectivity index (χ0v) is 10.3. The van der Waals surface area contributed by atoms with Crippen LogP contribution in [0.4, 0.5) is 4.39 Å². The molecule has 0 fully saturated rings. The van der Waals surface area contributed by atoms with E-state index < -0.39 is 5.82 Å². The Morgan fingerprint density at radius 1 is 1.39 bits per heavy atom. The summed E-state index contributed by atoms with van der Waals surface area (Å²) >= 11 is 0. The molecule has 94 valence electrons. The van der Waals surface area contributed by atoms with E-state index in [1.54, 1.807) is 37.6 Å². The van der Waals surface area contributed by atoms with Gasteiger partial charge in [0.1, 0.15) is 11.6 Å². The number of carbonyl (C=O) groups excluding carboxylic acids is 1. The van der Waals surface area contributed by atoms with Crippen LogP contribution in [0.15, 0.2) is 41.0 Å². The first-order valence-corrected chi connectivity index (χ1v) is 5.62. The first-order chi connectivity index (χ1) is 8.58. The smallest absolute Gasteiger partial charge is 0.256 e. The number of aryl methyl sites for hydroxylation is 1. The summed E-state index contributed by atoms with van der Waals surface area (Å²) in [5.74, 6) is -0.191. The number of halogens is 1. The molecule has 2 rings (SSSR count). The van der Waals surface area contributed by atoms with Gasteiger partial charge in [-0.2, -0.15) is 0 Å². The Bertz CT molecular complexity index is 549. The second kappa shape index (κ2) is 5.04. The van der Waals surface area contributed by atoms with Crippen LogP contribution in [0.1, 0.15) is 21.7 Å². The molecule has 0 aliphatic heterocycles. The molecule has 0 aliphatic rings. The van der Waals surface area contributed by atoms with Crippen LogP contribution in [0.25, 0.3) is 0 Å². The van der Waals surface area contributed by atoms with Gasteiger partial charge in [-0.05, 0) is 31.2 Å². The Morgan fingerprint density at radius 2 is 2.17 bits per heavy atom. The Hall–Kier alpha value is -2.10. The summed E-state index contributed by atoms with van der Waals surface area (Å²) in [5.41, 5.74) is 0.940. The minimum atomic E-state index is -0.503. The summed E-state index contributed by atoms with van der Waals surface area (Å²) in [5, 5.41) is 0. The summed E-state index contributed by atoms with van der Waals surface area (Å²) in [6.45, 7) is 2.14. The first-order valence-electron chi connectivity index (χ1n) is 5.62. The van der Waals surface area contributed by atoms with Crippen molar-refractivity contribution in [2.24, 2.45) is 0 Å². The normalized spacial score (nSPS) is 10.4. The molecule has 0 saturated carbocycles. The molecule has 0 bridgehead atoms. The van der Waals surface area contributed by atoms with E-state index in [4.69, 9.17) is 4.42 Å². The quantitative estimate of drug-likeness (QED) is 0.835. The fourth-order valence-corrected chi connectivity index (χ4v) is 1.72. The third-order valence-corrected chi connectivity index (χ3v) is 2.67. The zero-order chi connectivity index (χ0) is 13.1. The molecule has 0 spiro atoms. The second-order valence-corrected chi connectivity index (χ2v) is 4.22. The molecule has 2 aromatic rings. The van der Waals surface area contributed by atoms with Crippen molar-refractivity contribution in [1.82, 2.24) is 4.90 Å². The van der Waals surface area contributed by atoms with E-state index in [1.165, 1.54) is 11.0 Å². The topological polar surface area (TPSA) is 33.5 Å². The number of carbonyl (C=O) groups is 1.